The van der Waals surface area contributed by atoms with Crippen LogP contribution in [0.25, 0.3) is 0 Å². The van der Waals surface area contributed by atoms with E-state index in [4.69, 9.17) is 10.5 Å². The van der Waals surface area contributed by atoms with Crippen molar-refractivity contribution in [1.82, 2.24) is 9.78 Å². The van der Waals surface area contributed by atoms with E-state index in [1.165, 1.54) is 16.8 Å². The van der Waals surface area contributed by atoms with E-state index >= 15 is 0 Å². The van der Waals surface area contributed by atoms with Crippen LogP contribution in [0.4, 0.5) is 0 Å². The highest BCUT2D eigenvalue weighted by molar-refractivity contribution is 5.47. The maximum atomic E-state index is 6.45. The van der Waals surface area contributed by atoms with Gasteiger partial charge in [-0.3, -0.25) is 4.68 Å². The molecule has 21 heavy (non-hydrogen) atoms. The number of methoxy groups -OCH3 is 1. The molecule has 0 aliphatic rings. The van der Waals surface area contributed by atoms with Crippen molar-refractivity contribution in [2.45, 2.75) is 40.2 Å². The van der Waals surface area contributed by atoms with E-state index in [-0.39, 0.29) is 6.04 Å². The van der Waals surface area contributed by atoms with E-state index in [1.807, 2.05) is 18.7 Å². The van der Waals surface area contributed by atoms with Crippen molar-refractivity contribution in [3.8, 4) is 5.75 Å². The zero-order chi connectivity index (χ0) is 15.7. The van der Waals surface area contributed by atoms with Crippen LogP contribution in [-0.4, -0.2) is 16.9 Å². The van der Waals surface area contributed by atoms with Crippen LogP contribution in [0.15, 0.2) is 12.1 Å². The number of rotatable bonds is 4. The SMILES string of the molecule is COc1c(C(N)Cc2c(C)nn(C)c2C)ccc(C)c1C. The zero-order valence-electron chi connectivity index (χ0n) is 13.8. The van der Waals surface area contributed by atoms with Crippen molar-refractivity contribution in [3.63, 3.8) is 0 Å². The van der Waals surface area contributed by atoms with Crippen LogP contribution in [0.1, 0.15) is 39.7 Å². The first-order chi connectivity index (χ1) is 9.86. The maximum absolute atomic E-state index is 6.45. The summed E-state index contributed by atoms with van der Waals surface area (Å²) >= 11 is 0. The molecule has 2 N–H and O–H groups in total. The van der Waals surface area contributed by atoms with Gasteiger partial charge in [-0.15, -0.1) is 0 Å². The lowest BCUT2D eigenvalue weighted by Gasteiger charge is -2.19. The van der Waals surface area contributed by atoms with Crippen molar-refractivity contribution in [1.29, 1.82) is 0 Å². The molecule has 1 aromatic heterocycles. The van der Waals surface area contributed by atoms with Crippen molar-refractivity contribution in [3.05, 3.63) is 45.8 Å². The van der Waals surface area contributed by atoms with Crippen LogP contribution in [0, 0.1) is 27.7 Å². The molecule has 0 amide bonds. The summed E-state index contributed by atoms with van der Waals surface area (Å²) in [7, 11) is 3.67. The molecule has 0 aliphatic carbocycles. The van der Waals surface area contributed by atoms with Gasteiger partial charge >= 0.3 is 0 Å². The van der Waals surface area contributed by atoms with E-state index in [0.717, 1.165) is 29.0 Å². The zero-order valence-corrected chi connectivity index (χ0v) is 13.8. The molecule has 0 saturated carbocycles. The number of ether oxygens (including phenoxy) is 1. The van der Waals surface area contributed by atoms with Gasteiger partial charge in [0.15, 0.2) is 0 Å². The van der Waals surface area contributed by atoms with Crippen molar-refractivity contribution in [2.24, 2.45) is 12.8 Å². The number of hydrogen-bond donors (Lipinski definition) is 1. The Hall–Kier alpha value is -1.81. The molecule has 1 heterocycles. The minimum Gasteiger partial charge on any atom is -0.496 e. The molecule has 4 heteroatoms. The predicted molar refractivity (Wildman–Crippen MR) is 85.8 cm³/mol. The highest BCUT2D eigenvalue weighted by Crippen LogP contribution is 2.32. The summed E-state index contributed by atoms with van der Waals surface area (Å²) in [5.41, 5.74) is 13.3. The topological polar surface area (TPSA) is 53.1 Å². The quantitative estimate of drug-likeness (QED) is 0.940. The fraction of sp³-hybridized carbons (Fsp3) is 0.471. The summed E-state index contributed by atoms with van der Waals surface area (Å²) in [6.45, 7) is 8.28. The lowest BCUT2D eigenvalue weighted by molar-refractivity contribution is 0.402. The number of benzene rings is 1. The molecule has 2 aromatic rings. The fourth-order valence-electron chi connectivity index (χ4n) is 2.82. The van der Waals surface area contributed by atoms with Crippen LogP contribution in [0.2, 0.25) is 0 Å². The Balaban J connectivity index is 2.37. The van der Waals surface area contributed by atoms with E-state index in [1.54, 1.807) is 7.11 Å². The first-order valence-electron chi connectivity index (χ1n) is 7.25. The molecule has 1 unspecified atom stereocenters. The van der Waals surface area contributed by atoms with Crippen LogP contribution >= 0.6 is 0 Å². The van der Waals surface area contributed by atoms with Crippen LogP contribution in [-0.2, 0) is 13.5 Å². The number of aromatic nitrogens is 2. The first-order valence-corrected chi connectivity index (χ1v) is 7.25. The molecule has 0 bridgehead atoms. The highest BCUT2D eigenvalue weighted by atomic mass is 16.5. The van der Waals surface area contributed by atoms with Gasteiger partial charge in [0.1, 0.15) is 5.75 Å². The lowest BCUT2D eigenvalue weighted by atomic mass is 9.94. The third-order valence-electron chi connectivity index (χ3n) is 4.39. The summed E-state index contributed by atoms with van der Waals surface area (Å²) in [5.74, 6) is 0.904. The molecule has 0 fully saturated rings. The Morgan fingerprint density at radius 2 is 1.90 bits per heavy atom. The van der Waals surface area contributed by atoms with Crippen LogP contribution in [0.3, 0.4) is 0 Å². The monoisotopic (exact) mass is 287 g/mol. The molecule has 0 saturated heterocycles. The average Bonchev–Trinajstić information content (AvgIpc) is 2.68. The molecule has 0 aliphatic heterocycles. The number of hydrogen-bond acceptors (Lipinski definition) is 3. The van der Waals surface area contributed by atoms with E-state index < -0.39 is 0 Å². The van der Waals surface area contributed by atoms with Gasteiger partial charge in [-0.05, 0) is 50.8 Å². The Bertz CT molecular complexity index is 659. The summed E-state index contributed by atoms with van der Waals surface area (Å²) in [6.07, 6.45) is 0.768. The van der Waals surface area contributed by atoms with Gasteiger partial charge in [0.2, 0.25) is 0 Å². The predicted octanol–water partition coefficient (Wildman–Crippen LogP) is 2.90. The van der Waals surface area contributed by atoms with E-state index in [2.05, 4.69) is 38.0 Å². The Morgan fingerprint density at radius 3 is 2.43 bits per heavy atom. The molecule has 1 atom stereocenters. The number of aryl methyl sites for hydroxylation is 3. The van der Waals surface area contributed by atoms with Gasteiger partial charge in [-0.1, -0.05) is 12.1 Å². The fourth-order valence-corrected chi connectivity index (χ4v) is 2.82. The van der Waals surface area contributed by atoms with Gasteiger partial charge in [0.25, 0.3) is 0 Å². The summed E-state index contributed by atoms with van der Waals surface area (Å²) in [6, 6.07) is 4.09. The van der Waals surface area contributed by atoms with Gasteiger partial charge in [-0.25, -0.2) is 0 Å². The minimum atomic E-state index is -0.0964. The van der Waals surface area contributed by atoms with Crippen LogP contribution < -0.4 is 10.5 Å². The molecule has 4 nitrogen and oxygen atoms in total. The Morgan fingerprint density at radius 1 is 1.24 bits per heavy atom. The standard InChI is InChI=1S/C17H25N3O/c1-10-7-8-14(17(21-6)11(10)2)16(18)9-15-12(3)19-20(5)13(15)4/h7-8,16H,9,18H2,1-6H3. The van der Waals surface area contributed by atoms with Crippen LogP contribution in [0.5, 0.6) is 5.75 Å². The normalized spacial score (nSPS) is 12.5. The van der Waals surface area contributed by atoms with Crippen molar-refractivity contribution in [2.75, 3.05) is 7.11 Å². The summed E-state index contributed by atoms with van der Waals surface area (Å²) in [4.78, 5) is 0. The third-order valence-corrected chi connectivity index (χ3v) is 4.39. The van der Waals surface area contributed by atoms with Gasteiger partial charge in [0, 0.05) is 24.3 Å². The molecular formula is C17H25N3O. The lowest BCUT2D eigenvalue weighted by Crippen LogP contribution is -2.16. The molecule has 0 spiro atoms. The first kappa shape index (κ1) is 15.6. The molecule has 114 valence electrons. The number of nitrogens with two attached hydrogens (primary N) is 1. The molecule has 1 aromatic carbocycles. The van der Waals surface area contributed by atoms with Crippen molar-refractivity contribution < 1.29 is 4.74 Å². The van der Waals surface area contributed by atoms with Gasteiger partial charge < -0.3 is 10.5 Å². The highest BCUT2D eigenvalue weighted by Gasteiger charge is 2.19. The Kier molecular flexibility index (Phi) is 4.37. The average molecular weight is 287 g/mol. The molecule has 0 radical (unpaired) electrons. The van der Waals surface area contributed by atoms with E-state index in [9.17, 15) is 0 Å². The van der Waals surface area contributed by atoms with Crippen molar-refractivity contribution >= 4 is 0 Å². The third kappa shape index (κ3) is 2.81. The molecule has 2 rings (SSSR count). The second-order valence-corrected chi connectivity index (χ2v) is 5.71. The maximum Gasteiger partial charge on any atom is 0.126 e. The Labute approximate surface area is 126 Å². The second kappa shape index (κ2) is 5.90. The van der Waals surface area contributed by atoms with Gasteiger partial charge in [-0.2, -0.15) is 5.10 Å². The second-order valence-electron chi connectivity index (χ2n) is 5.71. The minimum absolute atomic E-state index is 0.0964. The number of nitrogens with zero attached hydrogens (tertiary/aromatic N) is 2. The molecular weight excluding hydrogens is 262 g/mol. The summed E-state index contributed by atoms with van der Waals surface area (Å²) < 4.78 is 7.49. The summed E-state index contributed by atoms with van der Waals surface area (Å²) in [5, 5.41) is 4.46. The largest absolute Gasteiger partial charge is 0.496 e. The smallest absolute Gasteiger partial charge is 0.126 e. The van der Waals surface area contributed by atoms with E-state index in [0.29, 0.717) is 0 Å². The van der Waals surface area contributed by atoms with Gasteiger partial charge in [0.05, 0.1) is 12.8 Å².